The molecule has 0 amide bonds. The molecular formula is C14H11ClN2. The number of nitrogens with zero attached hydrogens (tertiary/aromatic N) is 2. The summed E-state index contributed by atoms with van der Waals surface area (Å²) in [5.74, 6) is 0. The minimum atomic E-state index is 0.750. The zero-order chi connectivity index (χ0) is 11.7. The highest BCUT2D eigenvalue weighted by Crippen LogP contribution is 2.19. The first-order chi connectivity index (χ1) is 8.34. The average molecular weight is 243 g/mol. The van der Waals surface area contributed by atoms with E-state index in [1.807, 2.05) is 48.8 Å². The first-order valence-electron chi connectivity index (χ1n) is 5.48. The minimum Gasteiger partial charge on any atom is -0.326 e. The molecule has 0 saturated carbocycles. The number of hydrogen-bond acceptors (Lipinski definition) is 1. The van der Waals surface area contributed by atoms with Gasteiger partial charge < -0.3 is 4.57 Å². The molecule has 0 saturated heterocycles. The van der Waals surface area contributed by atoms with Crippen LogP contribution in [0, 0.1) is 0 Å². The Balaban J connectivity index is 2.03. The van der Waals surface area contributed by atoms with Crippen molar-refractivity contribution < 1.29 is 0 Å². The maximum absolute atomic E-state index is 6.16. The van der Waals surface area contributed by atoms with Crippen molar-refractivity contribution in [3.05, 3.63) is 65.4 Å². The summed E-state index contributed by atoms with van der Waals surface area (Å²) >= 11 is 6.16. The second-order valence-electron chi connectivity index (χ2n) is 3.95. The van der Waals surface area contributed by atoms with Crippen LogP contribution < -0.4 is 0 Å². The van der Waals surface area contributed by atoms with Crippen molar-refractivity contribution in [2.75, 3.05) is 0 Å². The Bertz CT molecular complexity index is 658. The predicted molar refractivity (Wildman–Crippen MR) is 70.3 cm³/mol. The molecule has 3 aromatic rings. The van der Waals surface area contributed by atoms with Crippen LogP contribution in [0.5, 0.6) is 0 Å². The van der Waals surface area contributed by atoms with Gasteiger partial charge in [-0.3, -0.25) is 0 Å². The van der Waals surface area contributed by atoms with E-state index in [2.05, 4.69) is 15.6 Å². The van der Waals surface area contributed by atoms with Crippen LogP contribution in [-0.2, 0) is 6.54 Å². The third-order valence-corrected chi connectivity index (χ3v) is 3.19. The molecule has 1 heterocycles. The van der Waals surface area contributed by atoms with Crippen molar-refractivity contribution >= 4 is 22.6 Å². The molecule has 3 heteroatoms. The Morgan fingerprint density at radius 1 is 1.00 bits per heavy atom. The molecule has 0 aliphatic rings. The van der Waals surface area contributed by atoms with Gasteiger partial charge in [-0.2, -0.15) is 0 Å². The van der Waals surface area contributed by atoms with Gasteiger partial charge in [-0.1, -0.05) is 41.9 Å². The van der Waals surface area contributed by atoms with Gasteiger partial charge >= 0.3 is 0 Å². The fourth-order valence-electron chi connectivity index (χ4n) is 1.95. The maximum atomic E-state index is 6.16. The van der Waals surface area contributed by atoms with Crippen molar-refractivity contribution in [2.45, 2.75) is 6.54 Å². The van der Waals surface area contributed by atoms with Gasteiger partial charge in [0.25, 0.3) is 0 Å². The summed E-state index contributed by atoms with van der Waals surface area (Å²) in [6.07, 6.45) is 1.86. The summed E-state index contributed by atoms with van der Waals surface area (Å²) in [6.45, 7) is 0.750. The summed E-state index contributed by atoms with van der Waals surface area (Å²) in [7, 11) is 0. The standard InChI is InChI=1S/C14H11ClN2/c15-12-6-2-1-5-11(12)9-17-10-16-13-7-3-4-8-14(13)17/h1-8,10H,9H2. The second kappa shape index (κ2) is 4.22. The number of rotatable bonds is 2. The zero-order valence-corrected chi connectivity index (χ0v) is 9.93. The lowest BCUT2D eigenvalue weighted by atomic mass is 10.2. The molecule has 1 aromatic heterocycles. The molecule has 0 bridgehead atoms. The SMILES string of the molecule is Clc1ccccc1Cn1cnc2ccccc21. The highest BCUT2D eigenvalue weighted by molar-refractivity contribution is 6.31. The highest BCUT2D eigenvalue weighted by atomic mass is 35.5. The topological polar surface area (TPSA) is 17.8 Å². The molecule has 0 unspecified atom stereocenters. The summed E-state index contributed by atoms with van der Waals surface area (Å²) in [6, 6.07) is 16.0. The van der Waals surface area contributed by atoms with E-state index in [1.54, 1.807) is 0 Å². The number of benzene rings is 2. The van der Waals surface area contributed by atoms with E-state index in [4.69, 9.17) is 11.6 Å². The Kier molecular flexibility index (Phi) is 2.57. The van der Waals surface area contributed by atoms with Crippen LogP contribution in [0.1, 0.15) is 5.56 Å². The molecule has 0 fully saturated rings. The molecule has 2 nitrogen and oxygen atoms in total. The van der Waals surface area contributed by atoms with Gasteiger partial charge in [-0.15, -0.1) is 0 Å². The molecular weight excluding hydrogens is 232 g/mol. The lowest BCUT2D eigenvalue weighted by Gasteiger charge is -2.06. The lowest BCUT2D eigenvalue weighted by molar-refractivity contribution is 0.825. The highest BCUT2D eigenvalue weighted by Gasteiger charge is 2.04. The van der Waals surface area contributed by atoms with Crippen LogP contribution in [-0.4, -0.2) is 9.55 Å². The summed E-state index contributed by atoms with van der Waals surface area (Å²) in [4.78, 5) is 4.36. The molecule has 0 radical (unpaired) electrons. The molecule has 0 aliphatic heterocycles. The van der Waals surface area contributed by atoms with Gasteiger partial charge in [0.05, 0.1) is 23.9 Å². The van der Waals surface area contributed by atoms with Gasteiger partial charge in [-0.25, -0.2) is 4.98 Å². The van der Waals surface area contributed by atoms with Crippen molar-refractivity contribution in [3.63, 3.8) is 0 Å². The van der Waals surface area contributed by atoms with Gasteiger partial charge in [-0.05, 0) is 23.8 Å². The van der Waals surface area contributed by atoms with Crippen LogP contribution in [0.2, 0.25) is 5.02 Å². The Labute approximate surface area is 104 Å². The number of para-hydroxylation sites is 2. The number of aromatic nitrogens is 2. The van der Waals surface area contributed by atoms with E-state index in [0.717, 1.165) is 28.2 Å². The van der Waals surface area contributed by atoms with Gasteiger partial charge in [0.15, 0.2) is 0 Å². The first kappa shape index (κ1) is 10.4. The third kappa shape index (κ3) is 1.92. The molecule has 0 spiro atoms. The molecule has 0 N–H and O–H groups in total. The molecule has 84 valence electrons. The molecule has 3 rings (SSSR count). The Morgan fingerprint density at radius 2 is 1.76 bits per heavy atom. The van der Waals surface area contributed by atoms with E-state index in [9.17, 15) is 0 Å². The van der Waals surface area contributed by atoms with Crippen LogP contribution in [0.15, 0.2) is 54.9 Å². The van der Waals surface area contributed by atoms with Crippen molar-refractivity contribution in [1.82, 2.24) is 9.55 Å². The van der Waals surface area contributed by atoms with E-state index in [0.29, 0.717) is 0 Å². The number of fused-ring (bicyclic) bond motifs is 1. The van der Waals surface area contributed by atoms with Crippen molar-refractivity contribution in [2.24, 2.45) is 0 Å². The maximum Gasteiger partial charge on any atom is 0.0961 e. The van der Waals surface area contributed by atoms with Crippen LogP contribution in [0.25, 0.3) is 11.0 Å². The largest absolute Gasteiger partial charge is 0.326 e. The minimum absolute atomic E-state index is 0.750. The van der Waals surface area contributed by atoms with E-state index in [1.165, 1.54) is 0 Å². The Hall–Kier alpha value is -1.80. The lowest BCUT2D eigenvalue weighted by Crippen LogP contribution is -1.98. The zero-order valence-electron chi connectivity index (χ0n) is 9.18. The third-order valence-electron chi connectivity index (χ3n) is 2.83. The van der Waals surface area contributed by atoms with Gasteiger partial charge in [0, 0.05) is 5.02 Å². The molecule has 0 atom stereocenters. The van der Waals surface area contributed by atoms with Crippen molar-refractivity contribution in [1.29, 1.82) is 0 Å². The fraction of sp³-hybridized carbons (Fsp3) is 0.0714. The first-order valence-corrected chi connectivity index (χ1v) is 5.86. The number of hydrogen-bond donors (Lipinski definition) is 0. The van der Waals surface area contributed by atoms with Crippen LogP contribution in [0.4, 0.5) is 0 Å². The van der Waals surface area contributed by atoms with Crippen LogP contribution >= 0.6 is 11.6 Å². The smallest absolute Gasteiger partial charge is 0.0961 e. The van der Waals surface area contributed by atoms with E-state index < -0.39 is 0 Å². The van der Waals surface area contributed by atoms with E-state index in [-0.39, 0.29) is 0 Å². The number of halogens is 1. The van der Waals surface area contributed by atoms with Crippen LogP contribution in [0.3, 0.4) is 0 Å². The van der Waals surface area contributed by atoms with Gasteiger partial charge in [0.2, 0.25) is 0 Å². The monoisotopic (exact) mass is 242 g/mol. The summed E-state index contributed by atoms with van der Waals surface area (Å²) < 4.78 is 2.11. The summed E-state index contributed by atoms with van der Waals surface area (Å²) in [5, 5.41) is 0.797. The number of imidazole rings is 1. The Morgan fingerprint density at radius 3 is 2.65 bits per heavy atom. The molecule has 17 heavy (non-hydrogen) atoms. The summed E-state index contributed by atoms with van der Waals surface area (Å²) in [5.41, 5.74) is 3.25. The van der Waals surface area contributed by atoms with Crippen molar-refractivity contribution in [3.8, 4) is 0 Å². The normalized spacial score (nSPS) is 10.9. The van der Waals surface area contributed by atoms with Gasteiger partial charge in [0.1, 0.15) is 0 Å². The average Bonchev–Trinajstić information content (AvgIpc) is 2.76. The molecule has 2 aromatic carbocycles. The fourth-order valence-corrected chi connectivity index (χ4v) is 2.14. The van der Waals surface area contributed by atoms with E-state index >= 15 is 0 Å². The second-order valence-corrected chi connectivity index (χ2v) is 4.36. The molecule has 0 aliphatic carbocycles. The predicted octanol–water partition coefficient (Wildman–Crippen LogP) is 3.74. The quantitative estimate of drug-likeness (QED) is 0.669.